The minimum absolute atomic E-state index is 0.432. The molecule has 0 spiro atoms. The van der Waals surface area contributed by atoms with Gasteiger partial charge in [-0.15, -0.1) is 0 Å². The molecule has 1 saturated heterocycles. The van der Waals surface area contributed by atoms with Crippen LogP contribution in [0.15, 0.2) is 42.5 Å². The number of hydrogen-bond acceptors (Lipinski definition) is 4. The molecule has 1 aliphatic heterocycles. The van der Waals surface area contributed by atoms with E-state index < -0.39 is 0 Å². The van der Waals surface area contributed by atoms with E-state index in [4.69, 9.17) is 26.7 Å². The van der Waals surface area contributed by atoms with Crippen LogP contribution in [-0.2, 0) is 0 Å². The summed E-state index contributed by atoms with van der Waals surface area (Å²) in [6.07, 6.45) is 2.03. The number of para-hydroxylation sites is 2. The van der Waals surface area contributed by atoms with Gasteiger partial charge in [-0.2, -0.15) is 0 Å². The Kier molecular flexibility index (Phi) is 5.34. The number of methoxy groups -OCH3 is 2. The van der Waals surface area contributed by atoms with E-state index in [0.29, 0.717) is 16.8 Å². The number of nitrogens with one attached hydrogen (secondary N) is 2. The quantitative estimate of drug-likeness (QED) is 0.646. The van der Waals surface area contributed by atoms with Gasteiger partial charge < -0.3 is 24.7 Å². The Balaban J connectivity index is 1.39. The Morgan fingerprint density at radius 2 is 1.93 bits per heavy atom. The largest absolute Gasteiger partial charge is 0.497 e. The van der Waals surface area contributed by atoms with E-state index in [2.05, 4.69) is 21.3 Å². The number of ether oxygens (including phenoxy) is 2. The molecular formula is C21H24N4O2S. The number of rotatable bonds is 4. The molecule has 0 radical (unpaired) electrons. The van der Waals surface area contributed by atoms with Gasteiger partial charge in [0.1, 0.15) is 17.3 Å². The molecule has 2 N–H and O–H groups in total. The van der Waals surface area contributed by atoms with Crippen LogP contribution in [-0.4, -0.2) is 47.3 Å². The molecule has 0 unspecified atom stereocenters. The molecule has 0 atom stereocenters. The third-order valence-electron chi connectivity index (χ3n) is 5.23. The highest BCUT2D eigenvalue weighted by Gasteiger charge is 2.24. The summed E-state index contributed by atoms with van der Waals surface area (Å²) in [6, 6.07) is 13.8. The van der Waals surface area contributed by atoms with Crippen LogP contribution in [0.1, 0.15) is 24.6 Å². The van der Waals surface area contributed by atoms with Crippen molar-refractivity contribution in [2.24, 2.45) is 0 Å². The lowest BCUT2D eigenvalue weighted by atomic mass is 9.96. The van der Waals surface area contributed by atoms with Crippen LogP contribution in [0.2, 0.25) is 0 Å². The molecule has 2 heterocycles. The minimum atomic E-state index is 0.432. The fourth-order valence-corrected chi connectivity index (χ4v) is 3.91. The predicted molar refractivity (Wildman–Crippen MR) is 115 cm³/mol. The fourth-order valence-electron chi connectivity index (χ4n) is 3.62. The van der Waals surface area contributed by atoms with E-state index in [1.165, 1.54) is 0 Å². The summed E-state index contributed by atoms with van der Waals surface area (Å²) in [7, 11) is 3.28. The first kappa shape index (κ1) is 18.6. The molecule has 1 aliphatic rings. The van der Waals surface area contributed by atoms with Gasteiger partial charge in [0.05, 0.1) is 30.9 Å². The number of nitrogens with zero attached hydrogens (tertiary/aromatic N) is 2. The molecular weight excluding hydrogens is 372 g/mol. The lowest BCUT2D eigenvalue weighted by molar-refractivity contribution is 0.311. The van der Waals surface area contributed by atoms with Gasteiger partial charge in [-0.25, -0.2) is 4.98 Å². The normalized spacial score (nSPS) is 14.9. The van der Waals surface area contributed by atoms with Crippen molar-refractivity contribution in [3.63, 3.8) is 0 Å². The van der Waals surface area contributed by atoms with Gasteiger partial charge in [-0.3, -0.25) is 0 Å². The second-order valence-corrected chi connectivity index (χ2v) is 7.28. The molecule has 1 aromatic heterocycles. The number of fused-ring (bicyclic) bond motifs is 1. The molecule has 4 rings (SSSR count). The number of imidazole rings is 1. The molecule has 3 aromatic rings. The lowest BCUT2D eigenvalue weighted by Gasteiger charge is -2.33. The summed E-state index contributed by atoms with van der Waals surface area (Å²) >= 11 is 5.64. The maximum Gasteiger partial charge on any atom is 0.173 e. The van der Waals surface area contributed by atoms with Gasteiger partial charge in [-0.05, 0) is 49.3 Å². The summed E-state index contributed by atoms with van der Waals surface area (Å²) in [5, 5.41) is 4.03. The van der Waals surface area contributed by atoms with Gasteiger partial charge in [0.25, 0.3) is 0 Å². The fraction of sp³-hybridized carbons (Fsp3) is 0.333. The highest BCUT2D eigenvalue weighted by Crippen LogP contribution is 2.31. The van der Waals surface area contributed by atoms with Crippen LogP contribution < -0.4 is 14.8 Å². The average molecular weight is 397 g/mol. The third-order valence-corrected chi connectivity index (χ3v) is 5.59. The van der Waals surface area contributed by atoms with Crippen LogP contribution in [0, 0.1) is 0 Å². The van der Waals surface area contributed by atoms with Crippen LogP contribution in [0.3, 0.4) is 0 Å². The topological polar surface area (TPSA) is 62.4 Å². The minimum Gasteiger partial charge on any atom is -0.497 e. The van der Waals surface area contributed by atoms with Crippen molar-refractivity contribution in [3.8, 4) is 11.5 Å². The average Bonchev–Trinajstić information content (AvgIpc) is 3.18. The zero-order valence-corrected chi connectivity index (χ0v) is 16.9. The number of H-pyrrole nitrogens is 1. The summed E-state index contributed by atoms with van der Waals surface area (Å²) in [6.45, 7) is 1.79. The standard InChI is InChI=1S/C21H24N4O2S/c1-26-15-7-8-18(19(13-15)27-2)24-21(28)25-11-9-14(10-12-25)20-22-16-5-3-4-6-17(16)23-20/h3-8,13-14H,9-12H2,1-2H3,(H,22,23)(H,24,28). The van der Waals surface area contributed by atoms with Crippen molar-refractivity contribution >= 4 is 34.1 Å². The maximum atomic E-state index is 5.64. The van der Waals surface area contributed by atoms with E-state index in [0.717, 1.165) is 54.2 Å². The zero-order valence-electron chi connectivity index (χ0n) is 16.1. The monoisotopic (exact) mass is 396 g/mol. The maximum absolute atomic E-state index is 5.64. The number of hydrogen-bond donors (Lipinski definition) is 2. The first-order chi connectivity index (χ1) is 13.7. The van der Waals surface area contributed by atoms with Gasteiger partial charge >= 0.3 is 0 Å². The first-order valence-corrected chi connectivity index (χ1v) is 9.81. The lowest BCUT2D eigenvalue weighted by Crippen LogP contribution is -2.40. The van der Waals surface area contributed by atoms with E-state index in [1.807, 2.05) is 36.4 Å². The van der Waals surface area contributed by atoms with Gasteiger partial charge in [0.15, 0.2) is 5.11 Å². The zero-order chi connectivity index (χ0) is 19.5. The highest BCUT2D eigenvalue weighted by molar-refractivity contribution is 7.80. The number of aromatic nitrogens is 2. The molecule has 1 fully saturated rings. The molecule has 7 heteroatoms. The summed E-state index contributed by atoms with van der Waals surface area (Å²) in [4.78, 5) is 10.4. The number of anilines is 1. The van der Waals surface area contributed by atoms with Crippen LogP contribution in [0.25, 0.3) is 11.0 Å². The highest BCUT2D eigenvalue weighted by atomic mass is 32.1. The Hall–Kier alpha value is -2.80. The van der Waals surface area contributed by atoms with Crippen LogP contribution >= 0.6 is 12.2 Å². The summed E-state index contributed by atoms with van der Waals surface area (Å²) in [5.41, 5.74) is 2.97. The molecule has 0 amide bonds. The van der Waals surface area contributed by atoms with E-state index in [-0.39, 0.29) is 0 Å². The molecule has 2 aromatic carbocycles. The van der Waals surface area contributed by atoms with Crippen LogP contribution in [0.5, 0.6) is 11.5 Å². The predicted octanol–water partition coefficient (Wildman–Crippen LogP) is 4.16. The van der Waals surface area contributed by atoms with Crippen molar-refractivity contribution in [2.75, 3.05) is 32.6 Å². The molecule has 0 bridgehead atoms. The Labute approximate surface area is 169 Å². The summed E-state index contributed by atoms with van der Waals surface area (Å²) in [5.74, 6) is 2.97. The van der Waals surface area contributed by atoms with E-state index in [1.54, 1.807) is 14.2 Å². The Morgan fingerprint density at radius 3 is 2.64 bits per heavy atom. The number of benzene rings is 2. The van der Waals surface area contributed by atoms with Crippen LogP contribution in [0.4, 0.5) is 5.69 Å². The van der Waals surface area contributed by atoms with Crippen molar-refractivity contribution in [1.29, 1.82) is 0 Å². The number of aromatic amines is 1. The SMILES string of the molecule is COc1ccc(NC(=S)N2CCC(c3nc4ccccc4[nH]3)CC2)c(OC)c1. The molecule has 0 saturated carbocycles. The molecule has 146 valence electrons. The number of piperidine rings is 1. The van der Waals surface area contributed by atoms with Crippen molar-refractivity contribution in [2.45, 2.75) is 18.8 Å². The second-order valence-electron chi connectivity index (χ2n) is 6.90. The molecule has 28 heavy (non-hydrogen) atoms. The van der Waals surface area contributed by atoms with Gasteiger partial charge in [0.2, 0.25) is 0 Å². The second kappa shape index (κ2) is 8.06. The molecule has 0 aliphatic carbocycles. The summed E-state index contributed by atoms with van der Waals surface area (Å²) < 4.78 is 10.7. The van der Waals surface area contributed by atoms with E-state index >= 15 is 0 Å². The van der Waals surface area contributed by atoms with Gasteiger partial charge in [0, 0.05) is 25.1 Å². The molecule has 6 nitrogen and oxygen atoms in total. The number of thiocarbonyl (C=S) groups is 1. The van der Waals surface area contributed by atoms with Crippen molar-refractivity contribution in [3.05, 3.63) is 48.3 Å². The Bertz CT molecular complexity index is 946. The smallest absolute Gasteiger partial charge is 0.173 e. The van der Waals surface area contributed by atoms with E-state index in [9.17, 15) is 0 Å². The number of likely N-dealkylation sites (tertiary alicyclic amines) is 1. The van der Waals surface area contributed by atoms with Gasteiger partial charge in [-0.1, -0.05) is 12.1 Å². The van der Waals surface area contributed by atoms with Crippen molar-refractivity contribution in [1.82, 2.24) is 14.9 Å². The first-order valence-electron chi connectivity index (χ1n) is 9.40. The van der Waals surface area contributed by atoms with Crippen molar-refractivity contribution < 1.29 is 9.47 Å². The third kappa shape index (κ3) is 3.75. The Morgan fingerprint density at radius 1 is 1.14 bits per heavy atom.